The van der Waals surface area contributed by atoms with Crippen molar-refractivity contribution in [2.45, 2.75) is 24.8 Å². The van der Waals surface area contributed by atoms with Crippen molar-refractivity contribution in [3.05, 3.63) is 35.4 Å². The van der Waals surface area contributed by atoms with Crippen molar-refractivity contribution < 1.29 is 9.59 Å². The molecule has 0 bridgehead atoms. The summed E-state index contributed by atoms with van der Waals surface area (Å²) in [5.41, 5.74) is 1.79. The van der Waals surface area contributed by atoms with Gasteiger partial charge in [-0.05, 0) is 18.1 Å². The minimum Gasteiger partial charge on any atom is -0.354 e. The zero-order valence-electron chi connectivity index (χ0n) is 10.8. The number of nitrogens with zero attached hydrogens (tertiary/aromatic N) is 1. The van der Waals surface area contributed by atoms with Gasteiger partial charge in [-0.1, -0.05) is 25.1 Å². The van der Waals surface area contributed by atoms with Crippen LogP contribution in [0.2, 0.25) is 0 Å². The van der Waals surface area contributed by atoms with Crippen LogP contribution in [-0.2, 0) is 4.79 Å². The molecule has 2 heterocycles. The fraction of sp³-hybridized carbons (Fsp3) is 0.429. The van der Waals surface area contributed by atoms with Crippen LogP contribution in [0.1, 0.15) is 34.6 Å². The molecule has 3 rings (SSSR count). The second kappa shape index (κ2) is 4.89. The van der Waals surface area contributed by atoms with Gasteiger partial charge in [-0.15, -0.1) is 11.8 Å². The highest BCUT2D eigenvalue weighted by atomic mass is 32.2. The van der Waals surface area contributed by atoms with Gasteiger partial charge in [-0.2, -0.15) is 0 Å². The van der Waals surface area contributed by atoms with Gasteiger partial charge in [-0.25, -0.2) is 0 Å². The fourth-order valence-corrected chi connectivity index (χ4v) is 4.07. The first-order valence-electron chi connectivity index (χ1n) is 6.55. The Morgan fingerprint density at radius 1 is 1.47 bits per heavy atom. The lowest BCUT2D eigenvalue weighted by atomic mass is 10.1. The minimum absolute atomic E-state index is 0.0118. The summed E-state index contributed by atoms with van der Waals surface area (Å²) in [6.45, 7) is 2.68. The number of hydrogen-bond acceptors (Lipinski definition) is 3. The van der Waals surface area contributed by atoms with Gasteiger partial charge in [0.2, 0.25) is 5.91 Å². The van der Waals surface area contributed by atoms with Crippen LogP contribution in [0.5, 0.6) is 0 Å². The van der Waals surface area contributed by atoms with Crippen LogP contribution in [0, 0.1) is 0 Å². The van der Waals surface area contributed by atoms with Gasteiger partial charge in [0.1, 0.15) is 11.4 Å². The minimum atomic E-state index is -0.332. The van der Waals surface area contributed by atoms with Crippen molar-refractivity contribution in [2.75, 3.05) is 12.3 Å². The molecule has 1 unspecified atom stereocenters. The number of fused-ring (bicyclic) bond motifs is 3. The number of hydrogen-bond donors (Lipinski definition) is 1. The normalized spacial score (nSPS) is 24.3. The highest BCUT2D eigenvalue weighted by molar-refractivity contribution is 7.99. The maximum atomic E-state index is 12.4. The monoisotopic (exact) mass is 276 g/mol. The third-order valence-corrected chi connectivity index (χ3v) is 4.85. The van der Waals surface area contributed by atoms with Crippen LogP contribution >= 0.6 is 11.8 Å². The Morgan fingerprint density at radius 2 is 2.26 bits per heavy atom. The van der Waals surface area contributed by atoms with Crippen LogP contribution in [0.3, 0.4) is 0 Å². The topological polar surface area (TPSA) is 49.4 Å². The molecular formula is C14H16N2O2S. The van der Waals surface area contributed by atoms with Crippen molar-refractivity contribution in [1.29, 1.82) is 0 Å². The predicted octanol–water partition coefficient (Wildman–Crippen LogP) is 1.78. The van der Waals surface area contributed by atoms with E-state index in [1.807, 2.05) is 31.2 Å². The van der Waals surface area contributed by atoms with E-state index in [1.54, 1.807) is 16.7 Å². The van der Waals surface area contributed by atoms with E-state index in [2.05, 4.69) is 5.32 Å². The number of rotatable bonds is 3. The summed E-state index contributed by atoms with van der Waals surface area (Å²) in [6, 6.07) is 7.31. The molecule has 0 radical (unpaired) electrons. The summed E-state index contributed by atoms with van der Waals surface area (Å²) < 4.78 is 0. The summed E-state index contributed by atoms with van der Waals surface area (Å²) in [5, 5.41) is 2.90. The lowest BCUT2D eigenvalue weighted by molar-refractivity contribution is -0.124. The van der Waals surface area contributed by atoms with E-state index in [4.69, 9.17) is 0 Å². The molecule has 5 heteroatoms. The van der Waals surface area contributed by atoms with Gasteiger partial charge in [0.25, 0.3) is 5.91 Å². The van der Waals surface area contributed by atoms with Gasteiger partial charge in [0.15, 0.2) is 0 Å². The molecule has 0 aliphatic carbocycles. The molecule has 2 atom stereocenters. The number of nitrogens with one attached hydrogen (secondary N) is 1. The molecule has 4 nitrogen and oxygen atoms in total. The van der Waals surface area contributed by atoms with Gasteiger partial charge >= 0.3 is 0 Å². The van der Waals surface area contributed by atoms with Gasteiger partial charge in [-0.3, -0.25) is 9.59 Å². The average Bonchev–Trinajstić information content (AvgIpc) is 2.98. The second-order valence-electron chi connectivity index (χ2n) is 4.79. The molecule has 1 aromatic rings. The fourth-order valence-electron chi connectivity index (χ4n) is 2.61. The van der Waals surface area contributed by atoms with Gasteiger partial charge < -0.3 is 10.2 Å². The quantitative estimate of drug-likeness (QED) is 0.915. The Kier molecular flexibility index (Phi) is 3.22. The van der Waals surface area contributed by atoms with Gasteiger partial charge in [0.05, 0.1) is 0 Å². The average molecular weight is 276 g/mol. The van der Waals surface area contributed by atoms with E-state index >= 15 is 0 Å². The molecule has 1 saturated heterocycles. The maximum absolute atomic E-state index is 12.4. The Morgan fingerprint density at radius 3 is 3.05 bits per heavy atom. The van der Waals surface area contributed by atoms with Crippen molar-refractivity contribution in [3.8, 4) is 0 Å². The molecule has 2 amide bonds. The summed E-state index contributed by atoms with van der Waals surface area (Å²) >= 11 is 1.67. The summed E-state index contributed by atoms with van der Waals surface area (Å²) in [4.78, 5) is 26.3. The van der Waals surface area contributed by atoms with Gasteiger partial charge in [0, 0.05) is 17.9 Å². The summed E-state index contributed by atoms with van der Waals surface area (Å²) in [7, 11) is 0. The number of carbonyl (C=O) groups is 2. The van der Waals surface area contributed by atoms with Crippen LogP contribution in [0.15, 0.2) is 24.3 Å². The third-order valence-electron chi connectivity index (χ3n) is 3.54. The standard InChI is InChI=1S/C14H16N2O2S/c1-2-7-15-12(17)11-8-19-14-10-6-4-3-5-9(10)13(18)16(11)14/h3-6,11,14H,2,7-8H2,1H3,(H,15,17)/t11-,14?/m0/s1. The smallest absolute Gasteiger partial charge is 0.256 e. The number of benzene rings is 1. The van der Waals surface area contributed by atoms with Crippen LogP contribution in [0.4, 0.5) is 0 Å². The number of carbonyl (C=O) groups excluding carboxylic acids is 2. The van der Waals surface area contributed by atoms with Crippen molar-refractivity contribution in [3.63, 3.8) is 0 Å². The van der Waals surface area contributed by atoms with E-state index in [1.165, 1.54) is 0 Å². The van der Waals surface area contributed by atoms with Crippen molar-refractivity contribution in [2.24, 2.45) is 0 Å². The Labute approximate surface area is 116 Å². The Balaban J connectivity index is 1.85. The van der Waals surface area contributed by atoms with Crippen LogP contribution in [0.25, 0.3) is 0 Å². The third kappa shape index (κ3) is 1.92. The molecule has 1 aromatic carbocycles. The predicted molar refractivity (Wildman–Crippen MR) is 74.9 cm³/mol. The van der Waals surface area contributed by atoms with E-state index in [0.717, 1.165) is 17.5 Å². The SMILES string of the molecule is CCCNC(=O)[C@@H]1CSC2c3ccccc3C(=O)N21. The largest absolute Gasteiger partial charge is 0.354 e. The molecule has 100 valence electrons. The van der Waals surface area contributed by atoms with E-state index < -0.39 is 0 Å². The molecule has 0 aromatic heterocycles. The molecule has 1 N–H and O–H groups in total. The molecule has 0 spiro atoms. The lowest BCUT2D eigenvalue weighted by Crippen LogP contribution is -2.46. The van der Waals surface area contributed by atoms with Crippen molar-refractivity contribution in [1.82, 2.24) is 10.2 Å². The van der Waals surface area contributed by atoms with Crippen LogP contribution in [-0.4, -0.2) is 35.1 Å². The molecule has 0 saturated carbocycles. The first-order chi connectivity index (χ1) is 9.24. The molecule has 2 aliphatic rings. The summed E-state index contributed by atoms with van der Waals surface area (Å²) in [5.74, 6) is 0.639. The lowest BCUT2D eigenvalue weighted by Gasteiger charge is -2.22. The van der Waals surface area contributed by atoms with E-state index in [-0.39, 0.29) is 23.2 Å². The first kappa shape index (κ1) is 12.5. The van der Waals surface area contributed by atoms with E-state index in [9.17, 15) is 9.59 Å². The maximum Gasteiger partial charge on any atom is 0.256 e. The highest BCUT2D eigenvalue weighted by Gasteiger charge is 2.48. The zero-order valence-corrected chi connectivity index (χ0v) is 11.6. The molecule has 19 heavy (non-hydrogen) atoms. The zero-order chi connectivity index (χ0) is 13.4. The molecule has 2 aliphatic heterocycles. The second-order valence-corrected chi connectivity index (χ2v) is 5.91. The molecular weight excluding hydrogens is 260 g/mol. The highest BCUT2D eigenvalue weighted by Crippen LogP contribution is 2.47. The molecule has 1 fully saturated rings. The summed E-state index contributed by atoms with van der Waals surface area (Å²) in [6.07, 6.45) is 0.906. The van der Waals surface area contributed by atoms with E-state index in [0.29, 0.717) is 12.3 Å². The Bertz CT molecular complexity index is 532. The Hall–Kier alpha value is -1.49. The van der Waals surface area contributed by atoms with Crippen LogP contribution < -0.4 is 5.32 Å². The number of amides is 2. The first-order valence-corrected chi connectivity index (χ1v) is 7.59. The van der Waals surface area contributed by atoms with Crippen molar-refractivity contribution >= 4 is 23.6 Å². The number of thioether (sulfide) groups is 1.